The molecule has 72 valence electrons. The van der Waals surface area contributed by atoms with Crippen LogP contribution in [0.25, 0.3) is 10.9 Å². The van der Waals surface area contributed by atoms with Crippen LogP contribution in [0.1, 0.15) is 5.69 Å². The zero-order valence-corrected chi connectivity index (χ0v) is 9.72. The largest absolute Gasteiger partial charge is 0.505 e. The summed E-state index contributed by atoms with van der Waals surface area (Å²) >= 11 is 9.17. The van der Waals surface area contributed by atoms with Crippen LogP contribution in [0.15, 0.2) is 22.7 Å². The average molecular weight is 273 g/mol. The van der Waals surface area contributed by atoms with E-state index in [2.05, 4.69) is 20.9 Å². The number of aromatic hydroxyl groups is 1. The third-order valence-electron chi connectivity index (χ3n) is 2.03. The summed E-state index contributed by atoms with van der Waals surface area (Å²) < 4.78 is 0.641. The highest BCUT2D eigenvalue weighted by atomic mass is 79.9. The maximum atomic E-state index is 9.64. The minimum absolute atomic E-state index is 0.166. The van der Waals surface area contributed by atoms with Crippen molar-refractivity contribution in [2.24, 2.45) is 0 Å². The van der Waals surface area contributed by atoms with Crippen LogP contribution < -0.4 is 0 Å². The third-order valence-corrected chi connectivity index (χ3v) is 3.07. The molecule has 2 rings (SSSR count). The molecule has 0 atom stereocenters. The van der Waals surface area contributed by atoms with Gasteiger partial charge in [-0.1, -0.05) is 11.6 Å². The highest BCUT2D eigenvalue weighted by Crippen LogP contribution is 2.34. The van der Waals surface area contributed by atoms with Gasteiger partial charge in [-0.25, -0.2) is 4.98 Å². The van der Waals surface area contributed by atoms with E-state index in [9.17, 15) is 5.11 Å². The molecule has 0 bridgehead atoms. The monoisotopic (exact) mass is 271 g/mol. The molecule has 0 saturated heterocycles. The molecule has 0 aliphatic rings. The van der Waals surface area contributed by atoms with Gasteiger partial charge in [0, 0.05) is 10.4 Å². The van der Waals surface area contributed by atoms with Gasteiger partial charge in [0.05, 0.1) is 15.7 Å². The molecule has 0 aliphatic carbocycles. The summed E-state index contributed by atoms with van der Waals surface area (Å²) in [5.41, 5.74) is 1.42. The summed E-state index contributed by atoms with van der Waals surface area (Å²) in [4.78, 5) is 4.24. The average Bonchev–Trinajstić information content (AvgIpc) is 2.16. The Morgan fingerprint density at radius 1 is 1.43 bits per heavy atom. The third kappa shape index (κ3) is 1.47. The van der Waals surface area contributed by atoms with Crippen molar-refractivity contribution >= 4 is 38.4 Å². The number of hydrogen-bond donors (Lipinski definition) is 1. The summed E-state index contributed by atoms with van der Waals surface area (Å²) in [6.45, 7) is 1.76. The number of benzene rings is 1. The minimum atomic E-state index is 0.166. The van der Waals surface area contributed by atoms with Crippen LogP contribution in [0.2, 0.25) is 5.02 Å². The van der Waals surface area contributed by atoms with E-state index in [1.165, 1.54) is 0 Å². The standard InChI is InChI=1S/C10H7BrClNO/c1-5-10(14)9(11)7-4-6(12)2-3-8(7)13-5/h2-4,14H,1H3. The summed E-state index contributed by atoms with van der Waals surface area (Å²) in [5, 5.41) is 11.1. The number of nitrogens with zero attached hydrogens (tertiary/aromatic N) is 1. The molecular weight excluding hydrogens is 265 g/mol. The molecule has 2 aromatic rings. The van der Waals surface area contributed by atoms with E-state index in [1.54, 1.807) is 19.1 Å². The van der Waals surface area contributed by atoms with Crippen molar-refractivity contribution in [3.63, 3.8) is 0 Å². The predicted octanol–water partition coefficient (Wildman–Crippen LogP) is 3.66. The maximum Gasteiger partial charge on any atom is 0.151 e. The fourth-order valence-electron chi connectivity index (χ4n) is 1.30. The lowest BCUT2D eigenvalue weighted by Gasteiger charge is -2.05. The van der Waals surface area contributed by atoms with Crippen LogP contribution in [0.3, 0.4) is 0 Å². The molecule has 0 fully saturated rings. The summed E-state index contributed by atoms with van der Waals surface area (Å²) in [6.07, 6.45) is 0. The van der Waals surface area contributed by atoms with Crippen molar-refractivity contribution in [1.82, 2.24) is 4.98 Å². The Bertz CT molecular complexity index is 513. The molecule has 0 saturated carbocycles. The molecule has 0 unspecified atom stereocenters. The van der Waals surface area contributed by atoms with Crippen molar-refractivity contribution in [2.45, 2.75) is 6.92 Å². The fourth-order valence-corrected chi connectivity index (χ4v) is 2.08. The molecule has 1 heterocycles. The lowest BCUT2D eigenvalue weighted by atomic mass is 10.2. The number of fused-ring (bicyclic) bond motifs is 1. The zero-order valence-electron chi connectivity index (χ0n) is 7.38. The van der Waals surface area contributed by atoms with Crippen LogP contribution in [-0.2, 0) is 0 Å². The number of hydrogen-bond acceptors (Lipinski definition) is 2. The van der Waals surface area contributed by atoms with E-state index < -0.39 is 0 Å². The van der Waals surface area contributed by atoms with Gasteiger partial charge in [0.25, 0.3) is 0 Å². The van der Waals surface area contributed by atoms with Gasteiger partial charge < -0.3 is 5.11 Å². The Hall–Kier alpha value is -0.800. The Balaban J connectivity index is 2.92. The van der Waals surface area contributed by atoms with E-state index in [0.29, 0.717) is 15.2 Å². The van der Waals surface area contributed by atoms with Crippen LogP contribution in [0.4, 0.5) is 0 Å². The molecule has 4 heteroatoms. The van der Waals surface area contributed by atoms with Gasteiger partial charge >= 0.3 is 0 Å². The number of aryl methyl sites for hydroxylation is 1. The van der Waals surface area contributed by atoms with E-state index >= 15 is 0 Å². The summed E-state index contributed by atoms with van der Waals surface area (Å²) in [6, 6.07) is 5.38. The van der Waals surface area contributed by atoms with Gasteiger partial charge in [-0.3, -0.25) is 0 Å². The van der Waals surface area contributed by atoms with Crippen LogP contribution in [0, 0.1) is 6.92 Å². The Morgan fingerprint density at radius 2 is 2.14 bits per heavy atom. The molecule has 1 aromatic heterocycles. The van der Waals surface area contributed by atoms with E-state index in [-0.39, 0.29) is 5.75 Å². The zero-order chi connectivity index (χ0) is 10.3. The van der Waals surface area contributed by atoms with Crippen LogP contribution in [-0.4, -0.2) is 10.1 Å². The van der Waals surface area contributed by atoms with Gasteiger partial charge in [-0.2, -0.15) is 0 Å². The first-order valence-corrected chi connectivity index (χ1v) is 5.21. The van der Waals surface area contributed by atoms with Gasteiger partial charge in [0.15, 0.2) is 5.75 Å². The first-order valence-electron chi connectivity index (χ1n) is 4.04. The quantitative estimate of drug-likeness (QED) is 0.794. The van der Waals surface area contributed by atoms with E-state index in [4.69, 9.17) is 11.6 Å². The van der Waals surface area contributed by atoms with Crippen molar-refractivity contribution in [2.75, 3.05) is 0 Å². The van der Waals surface area contributed by atoms with Crippen LogP contribution >= 0.6 is 27.5 Å². The highest BCUT2D eigenvalue weighted by molar-refractivity contribution is 9.10. The van der Waals surface area contributed by atoms with Gasteiger partial charge in [0.2, 0.25) is 0 Å². The van der Waals surface area contributed by atoms with Gasteiger partial charge in [-0.15, -0.1) is 0 Å². The summed E-state index contributed by atoms with van der Waals surface area (Å²) in [7, 11) is 0. The number of rotatable bonds is 0. The van der Waals surface area contributed by atoms with E-state index in [1.807, 2.05) is 6.07 Å². The molecule has 0 radical (unpaired) electrons. The second kappa shape index (κ2) is 3.41. The number of pyridine rings is 1. The second-order valence-corrected chi connectivity index (χ2v) is 4.25. The molecule has 0 spiro atoms. The van der Waals surface area contributed by atoms with Crippen LogP contribution in [0.5, 0.6) is 5.75 Å². The minimum Gasteiger partial charge on any atom is -0.505 e. The molecule has 2 nitrogen and oxygen atoms in total. The molecule has 0 amide bonds. The van der Waals surface area contributed by atoms with Gasteiger partial charge in [-0.05, 0) is 41.1 Å². The Labute approximate surface area is 94.7 Å². The SMILES string of the molecule is Cc1nc2ccc(Cl)cc2c(Br)c1O. The topological polar surface area (TPSA) is 33.1 Å². The number of aromatic nitrogens is 1. The highest BCUT2D eigenvalue weighted by Gasteiger charge is 2.09. The summed E-state index contributed by atoms with van der Waals surface area (Å²) in [5.74, 6) is 0.166. The van der Waals surface area contributed by atoms with Crippen molar-refractivity contribution < 1.29 is 5.11 Å². The van der Waals surface area contributed by atoms with Gasteiger partial charge in [0.1, 0.15) is 0 Å². The van der Waals surface area contributed by atoms with E-state index in [0.717, 1.165) is 10.9 Å². The molecule has 14 heavy (non-hydrogen) atoms. The lowest BCUT2D eigenvalue weighted by Crippen LogP contribution is -1.86. The second-order valence-electron chi connectivity index (χ2n) is 3.02. The number of halogens is 2. The van der Waals surface area contributed by atoms with Crippen molar-refractivity contribution in [3.8, 4) is 5.75 Å². The lowest BCUT2D eigenvalue weighted by molar-refractivity contribution is 0.465. The Morgan fingerprint density at radius 3 is 2.86 bits per heavy atom. The smallest absolute Gasteiger partial charge is 0.151 e. The maximum absolute atomic E-state index is 9.64. The predicted molar refractivity (Wildman–Crippen MR) is 60.9 cm³/mol. The Kier molecular flexibility index (Phi) is 2.37. The first-order chi connectivity index (χ1) is 6.59. The normalized spacial score (nSPS) is 10.8. The van der Waals surface area contributed by atoms with Crippen molar-refractivity contribution in [3.05, 3.63) is 33.4 Å². The molecule has 0 aliphatic heterocycles. The molecular formula is C10H7BrClNO. The fraction of sp³-hybridized carbons (Fsp3) is 0.100. The molecule has 1 N–H and O–H groups in total. The molecule has 1 aromatic carbocycles. The van der Waals surface area contributed by atoms with Crippen molar-refractivity contribution in [1.29, 1.82) is 0 Å². The first kappa shape index (κ1) is 9.74.